The van der Waals surface area contributed by atoms with E-state index in [-0.39, 0.29) is 11.4 Å². The third kappa shape index (κ3) is 4.96. The molecular weight excluding hydrogens is 290 g/mol. The van der Waals surface area contributed by atoms with E-state index in [1.165, 1.54) is 13.2 Å². The number of rotatable bonds is 8. The van der Waals surface area contributed by atoms with Crippen molar-refractivity contribution in [2.45, 2.75) is 31.3 Å². The van der Waals surface area contributed by atoms with Crippen molar-refractivity contribution in [3.8, 4) is 5.75 Å². The number of hydrogen-bond acceptors (Lipinski definition) is 5. The third-order valence-electron chi connectivity index (χ3n) is 3.42. The van der Waals surface area contributed by atoms with Crippen LogP contribution in [0.4, 0.5) is 0 Å². The normalized spacial score (nSPS) is 12.1. The molecule has 0 saturated heterocycles. The first-order valence-electron chi connectivity index (χ1n) is 6.88. The first-order valence-corrected chi connectivity index (χ1v) is 8.37. The molecule has 0 saturated carbocycles. The van der Waals surface area contributed by atoms with Gasteiger partial charge in [-0.2, -0.15) is 0 Å². The highest BCUT2D eigenvalue weighted by molar-refractivity contribution is 7.89. The summed E-state index contributed by atoms with van der Waals surface area (Å²) >= 11 is 0. The van der Waals surface area contributed by atoms with Gasteiger partial charge in [0.2, 0.25) is 10.0 Å². The van der Waals surface area contributed by atoms with Crippen LogP contribution in [-0.4, -0.2) is 46.6 Å². The minimum absolute atomic E-state index is 0.205. The molecule has 7 heteroatoms. The number of nitrogens with zero attached hydrogens (tertiary/aromatic N) is 1. The van der Waals surface area contributed by atoms with Gasteiger partial charge in [-0.05, 0) is 39.1 Å². The van der Waals surface area contributed by atoms with E-state index < -0.39 is 10.0 Å². The van der Waals surface area contributed by atoms with Crippen molar-refractivity contribution < 1.29 is 13.2 Å². The van der Waals surface area contributed by atoms with Crippen LogP contribution in [0, 0.1) is 0 Å². The molecule has 0 atom stereocenters. The number of nitrogens with two attached hydrogens (primary N) is 1. The summed E-state index contributed by atoms with van der Waals surface area (Å²) in [6.07, 6.45) is 0. The maximum absolute atomic E-state index is 12.2. The standard InChI is InChI=1S/C14H25N3O3S/c1-11(2)17(3)8-7-16-21(18,19)13-5-6-14(20-4)12(9-13)10-15/h5-6,9,11,16H,7-8,10,15H2,1-4H3. The number of hydrogen-bond donors (Lipinski definition) is 2. The zero-order valence-corrected chi connectivity index (χ0v) is 13.9. The summed E-state index contributed by atoms with van der Waals surface area (Å²) < 4.78 is 32.2. The Morgan fingerprint density at radius 1 is 1.38 bits per heavy atom. The van der Waals surface area contributed by atoms with Gasteiger partial charge in [0.25, 0.3) is 0 Å². The lowest BCUT2D eigenvalue weighted by molar-refractivity contribution is 0.278. The molecule has 0 fully saturated rings. The molecule has 3 N–H and O–H groups in total. The predicted molar refractivity (Wildman–Crippen MR) is 83.8 cm³/mol. The third-order valence-corrected chi connectivity index (χ3v) is 4.88. The molecule has 0 aromatic heterocycles. The molecule has 0 aliphatic rings. The molecule has 1 rings (SSSR count). The molecule has 120 valence electrons. The maximum atomic E-state index is 12.2. The van der Waals surface area contributed by atoms with Gasteiger partial charge in [0.05, 0.1) is 12.0 Å². The van der Waals surface area contributed by atoms with E-state index in [1.807, 2.05) is 7.05 Å². The predicted octanol–water partition coefficient (Wildman–Crippen LogP) is 0.772. The number of methoxy groups -OCH3 is 1. The number of ether oxygens (including phenoxy) is 1. The van der Waals surface area contributed by atoms with E-state index in [1.54, 1.807) is 12.1 Å². The summed E-state index contributed by atoms with van der Waals surface area (Å²) in [6.45, 7) is 5.36. The van der Waals surface area contributed by atoms with Crippen molar-refractivity contribution >= 4 is 10.0 Å². The van der Waals surface area contributed by atoms with Gasteiger partial charge < -0.3 is 15.4 Å². The van der Waals surface area contributed by atoms with E-state index in [9.17, 15) is 8.42 Å². The van der Waals surface area contributed by atoms with E-state index in [2.05, 4.69) is 23.5 Å². The summed E-state index contributed by atoms with van der Waals surface area (Å²) in [6, 6.07) is 5.07. The molecule has 1 aromatic carbocycles. The van der Waals surface area contributed by atoms with Crippen molar-refractivity contribution in [3.63, 3.8) is 0 Å². The molecule has 6 nitrogen and oxygen atoms in total. The zero-order chi connectivity index (χ0) is 16.0. The van der Waals surface area contributed by atoms with Gasteiger partial charge in [0.15, 0.2) is 0 Å². The Morgan fingerprint density at radius 2 is 2.05 bits per heavy atom. The SMILES string of the molecule is COc1ccc(S(=O)(=O)NCCN(C)C(C)C)cc1CN. The Kier molecular flexibility index (Phi) is 6.60. The second-order valence-corrected chi connectivity index (χ2v) is 6.92. The summed E-state index contributed by atoms with van der Waals surface area (Å²) in [5.41, 5.74) is 6.28. The fourth-order valence-corrected chi connectivity index (χ4v) is 2.85. The summed E-state index contributed by atoms with van der Waals surface area (Å²) in [7, 11) is -0.0394. The van der Waals surface area contributed by atoms with Gasteiger partial charge in [-0.3, -0.25) is 0 Å². The lowest BCUT2D eigenvalue weighted by atomic mass is 10.2. The minimum Gasteiger partial charge on any atom is -0.496 e. The van der Waals surface area contributed by atoms with Gasteiger partial charge in [0.1, 0.15) is 5.75 Å². The minimum atomic E-state index is -3.53. The fourth-order valence-electron chi connectivity index (χ4n) is 1.78. The van der Waals surface area contributed by atoms with Crippen LogP contribution in [0.25, 0.3) is 0 Å². The van der Waals surface area contributed by atoms with E-state index >= 15 is 0 Å². The van der Waals surface area contributed by atoms with Crippen LogP contribution >= 0.6 is 0 Å². The summed E-state index contributed by atoms with van der Waals surface area (Å²) in [5.74, 6) is 0.594. The molecule has 0 bridgehead atoms. The summed E-state index contributed by atoms with van der Waals surface area (Å²) in [5, 5.41) is 0. The quantitative estimate of drug-likeness (QED) is 0.740. The van der Waals surface area contributed by atoms with E-state index in [0.29, 0.717) is 30.4 Å². The Bertz CT molecular complexity index is 559. The van der Waals surface area contributed by atoms with Crippen LogP contribution in [0.3, 0.4) is 0 Å². The number of nitrogens with one attached hydrogen (secondary N) is 1. The smallest absolute Gasteiger partial charge is 0.240 e. The van der Waals surface area contributed by atoms with Crippen LogP contribution in [0.5, 0.6) is 5.75 Å². The number of likely N-dealkylation sites (N-methyl/N-ethyl adjacent to an activating group) is 1. The Hall–Kier alpha value is -1.15. The molecular formula is C14H25N3O3S. The van der Waals surface area contributed by atoms with Crippen LogP contribution in [-0.2, 0) is 16.6 Å². The molecule has 0 aliphatic heterocycles. The number of sulfonamides is 1. The summed E-state index contributed by atoms with van der Waals surface area (Å²) in [4.78, 5) is 2.28. The first-order chi connectivity index (χ1) is 9.81. The molecule has 0 radical (unpaired) electrons. The average Bonchev–Trinajstić information content (AvgIpc) is 2.45. The monoisotopic (exact) mass is 315 g/mol. The zero-order valence-electron chi connectivity index (χ0n) is 13.1. The molecule has 1 aromatic rings. The Morgan fingerprint density at radius 3 is 2.57 bits per heavy atom. The van der Waals surface area contributed by atoms with Crippen molar-refractivity contribution in [1.82, 2.24) is 9.62 Å². The largest absolute Gasteiger partial charge is 0.496 e. The van der Waals surface area contributed by atoms with E-state index in [4.69, 9.17) is 10.5 Å². The molecule has 0 heterocycles. The highest BCUT2D eigenvalue weighted by atomic mass is 32.2. The second-order valence-electron chi connectivity index (χ2n) is 5.15. The van der Waals surface area contributed by atoms with Crippen molar-refractivity contribution in [2.24, 2.45) is 5.73 Å². The van der Waals surface area contributed by atoms with Crippen LogP contribution in [0.1, 0.15) is 19.4 Å². The van der Waals surface area contributed by atoms with Crippen LogP contribution in [0.2, 0.25) is 0 Å². The van der Waals surface area contributed by atoms with Gasteiger partial charge in [-0.1, -0.05) is 0 Å². The molecule has 0 unspecified atom stereocenters. The number of benzene rings is 1. The van der Waals surface area contributed by atoms with Gasteiger partial charge in [0, 0.05) is 31.2 Å². The fraction of sp³-hybridized carbons (Fsp3) is 0.571. The first kappa shape index (κ1) is 17.9. The molecule has 21 heavy (non-hydrogen) atoms. The van der Waals surface area contributed by atoms with Crippen LogP contribution in [0.15, 0.2) is 23.1 Å². The van der Waals surface area contributed by atoms with Gasteiger partial charge in [-0.25, -0.2) is 13.1 Å². The highest BCUT2D eigenvalue weighted by Crippen LogP contribution is 2.21. The molecule has 0 spiro atoms. The van der Waals surface area contributed by atoms with Crippen molar-refractivity contribution in [2.75, 3.05) is 27.2 Å². The van der Waals surface area contributed by atoms with E-state index in [0.717, 1.165) is 0 Å². The molecule has 0 amide bonds. The van der Waals surface area contributed by atoms with Gasteiger partial charge >= 0.3 is 0 Å². The van der Waals surface area contributed by atoms with Crippen molar-refractivity contribution in [1.29, 1.82) is 0 Å². The van der Waals surface area contributed by atoms with Gasteiger partial charge in [-0.15, -0.1) is 0 Å². The van der Waals surface area contributed by atoms with Crippen molar-refractivity contribution in [3.05, 3.63) is 23.8 Å². The second kappa shape index (κ2) is 7.74. The molecule has 0 aliphatic carbocycles. The lowest BCUT2D eigenvalue weighted by Crippen LogP contribution is -2.36. The lowest BCUT2D eigenvalue weighted by Gasteiger charge is -2.21. The topological polar surface area (TPSA) is 84.7 Å². The average molecular weight is 315 g/mol. The van der Waals surface area contributed by atoms with Crippen LogP contribution < -0.4 is 15.2 Å². The maximum Gasteiger partial charge on any atom is 0.240 e. The Labute approximate surface area is 127 Å². The Balaban J connectivity index is 2.79. The highest BCUT2D eigenvalue weighted by Gasteiger charge is 2.16.